The summed E-state index contributed by atoms with van der Waals surface area (Å²) < 4.78 is 53.8. The summed E-state index contributed by atoms with van der Waals surface area (Å²) in [5.41, 5.74) is -0.578. The first kappa shape index (κ1) is 23.6. The van der Waals surface area contributed by atoms with E-state index in [-0.39, 0.29) is 16.9 Å². The van der Waals surface area contributed by atoms with Gasteiger partial charge in [-0.3, -0.25) is 4.79 Å². The number of ether oxygens (including phenoxy) is 1. The van der Waals surface area contributed by atoms with Crippen LogP contribution in [0.2, 0.25) is 0 Å². The summed E-state index contributed by atoms with van der Waals surface area (Å²) in [5.74, 6) is 3.42. The minimum absolute atomic E-state index is 0.0688. The minimum Gasteiger partial charge on any atom is -0.507 e. The minimum atomic E-state index is -4.31. The van der Waals surface area contributed by atoms with Crippen LogP contribution in [0.25, 0.3) is 0 Å². The fraction of sp³-hybridized carbons (Fsp3) is 0.250. The van der Waals surface area contributed by atoms with Gasteiger partial charge in [-0.15, -0.1) is 0 Å². The first-order valence-electron chi connectivity index (χ1n) is 8.56. The first-order valence-corrected chi connectivity index (χ1v) is 11.8. The maximum atomic E-state index is 12.6. The zero-order chi connectivity index (χ0) is 22.7. The van der Waals surface area contributed by atoms with E-state index in [0.29, 0.717) is 0 Å². The molecule has 0 aliphatic carbocycles. The standard InChI is InChI=1S/C20H21NO7S2/c1-20(2,28-3)11-10-14-8-9-15(12-16(14)22)17(23)13-29(24,25)18-6-4-5-7-19(18)30(21,26)27/h4-9,12,22H,13H2,1-3H3,(H2,21,26,27). The van der Waals surface area contributed by atoms with Gasteiger partial charge < -0.3 is 9.84 Å². The number of hydrogen-bond acceptors (Lipinski definition) is 7. The molecule has 0 bridgehead atoms. The summed E-state index contributed by atoms with van der Waals surface area (Å²) in [6, 6.07) is 8.58. The van der Waals surface area contributed by atoms with Crippen molar-refractivity contribution >= 4 is 25.6 Å². The number of benzene rings is 2. The molecular weight excluding hydrogens is 430 g/mol. The van der Waals surface area contributed by atoms with Gasteiger partial charge in [0.25, 0.3) is 0 Å². The Balaban J connectivity index is 2.34. The number of phenolic OH excluding ortho intramolecular Hbond substituents is 1. The second-order valence-electron chi connectivity index (χ2n) is 6.87. The third-order valence-corrected chi connectivity index (χ3v) is 6.91. The van der Waals surface area contributed by atoms with Crippen LogP contribution >= 0.6 is 0 Å². The lowest BCUT2D eigenvalue weighted by Crippen LogP contribution is -2.21. The Morgan fingerprint density at radius 1 is 1.10 bits per heavy atom. The number of Topliss-reactive ketones (excluding diaryl/α,β-unsaturated/α-hetero) is 1. The van der Waals surface area contributed by atoms with Crippen molar-refractivity contribution in [3.8, 4) is 17.6 Å². The third-order valence-electron chi connectivity index (χ3n) is 4.14. The van der Waals surface area contributed by atoms with Crippen LogP contribution in [-0.2, 0) is 24.6 Å². The molecule has 0 heterocycles. The summed E-state index contributed by atoms with van der Waals surface area (Å²) >= 11 is 0. The molecule has 8 nitrogen and oxygen atoms in total. The topological polar surface area (TPSA) is 141 Å². The predicted molar refractivity (Wildman–Crippen MR) is 110 cm³/mol. The second kappa shape index (κ2) is 8.57. The highest BCUT2D eigenvalue weighted by Gasteiger charge is 2.27. The number of hydrogen-bond donors (Lipinski definition) is 2. The Kier molecular flexibility index (Phi) is 6.73. The highest BCUT2D eigenvalue weighted by Crippen LogP contribution is 2.23. The smallest absolute Gasteiger partial charge is 0.239 e. The van der Waals surface area contributed by atoms with E-state index in [4.69, 9.17) is 9.88 Å². The number of aromatic hydroxyl groups is 1. The van der Waals surface area contributed by atoms with Gasteiger partial charge in [-0.25, -0.2) is 22.0 Å². The molecule has 0 saturated heterocycles. The second-order valence-corrected chi connectivity index (χ2v) is 10.4. The molecule has 0 amide bonds. The Morgan fingerprint density at radius 3 is 2.23 bits per heavy atom. The highest BCUT2D eigenvalue weighted by atomic mass is 32.2. The molecule has 0 unspecified atom stereocenters. The number of carbonyl (C=O) groups excluding carboxylic acids is 1. The SMILES string of the molecule is COC(C)(C)C#Cc1ccc(C(=O)CS(=O)(=O)c2ccccc2S(N)(=O)=O)cc1O. The van der Waals surface area contributed by atoms with Crippen molar-refractivity contribution in [2.75, 3.05) is 12.9 Å². The van der Waals surface area contributed by atoms with Crippen molar-refractivity contribution in [2.24, 2.45) is 5.14 Å². The molecule has 0 saturated carbocycles. The molecule has 160 valence electrons. The molecule has 0 fully saturated rings. The molecule has 0 aliphatic heterocycles. The molecule has 3 N–H and O–H groups in total. The van der Waals surface area contributed by atoms with Crippen LogP contribution in [0.4, 0.5) is 0 Å². The summed E-state index contributed by atoms with van der Waals surface area (Å²) in [7, 11) is -7.13. The summed E-state index contributed by atoms with van der Waals surface area (Å²) in [6.07, 6.45) is 0. The molecule has 0 aromatic heterocycles. The van der Waals surface area contributed by atoms with Gasteiger partial charge in [-0.1, -0.05) is 24.0 Å². The first-order chi connectivity index (χ1) is 13.8. The van der Waals surface area contributed by atoms with Crippen molar-refractivity contribution in [3.63, 3.8) is 0 Å². The van der Waals surface area contributed by atoms with Crippen LogP contribution in [0, 0.1) is 11.8 Å². The van der Waals surface area contributed by atoms with Crippen molar-refractivity contribution in [2.45, 2.75) is 29.2 Å². The maximum absolute atomic E-state index is 12.6. The third kappa shape index (κ3) is 5.67. The van der Waals surface area contributed by atoms with E-state index in [2.05, 4.69) is 11.8 Å². The number of nitrogens with two attached hydrogens (primary N) is 1. The van der Waals surface area contributed by atoms with Crippen molar-refractivity contribution < 1.29 is 31.5 Å². The molecular formula is C20H21NO7S2. The Bertz CT molecular complexity index is 1250. The van der Waals surface area contributed by atoms with Crippen molar-refractivity contribution in [3.05, 3.63) is 53.6 Å². The van der Waals surface area contributed by atoms with Crippen LogP contribution in [0.5, 0.6) is 5.75 Å². The average molecular weight is 452 g/mol. The van der Waals surface area contributed by atoms with Crippen LogP contribution in [0.3, 0.4) is 0 Å². The van der Waals surface area contributed by atoms with E-state index >= 15 is 0 Å². The summed E-state index contributed by atoms with van der Waals surface area (Å²) in [5, 5.41) is 15.2. The molecule has 2 rings (SSSR count). The number of sulfone groups is 1. The van der Waals surface area contributed by atoms with Crippen molar-refractivity contribution in [1.82, 2.24) is 0 Å². The molecule has 0 aliphatic rings. The lowest BCUT2D eigenvalue weighted by atomic mass is 10.1. The molecule has 0 spiro atoms. The van der Waals surface area contributed by atoms with E-state index in [1.165, 1.54) is 31.4 Å². The number of phenols is 1. The molecule has 0 radical (unpaired) electrons. The number of primary sulfonamides is 1. The van der Waals surface area contributed by atoms with E-state index in [1.807, 2.05) is 0 Å². The monoisotopic (exact) mass is 451 g/mol. The van der Waals surface area contributed by atoms with Gasteiger partial charge in [-0.2, -0.15) is 0 Å². The molecule has 30 heavy (non-hydrogen) atoms. The molecule has 0 atom stereocenters. The quantitative estimate of drug-likeness (QED) is 0.500. The van der Waals surface area contributed by atoms with E-state index in [0.717, 1.165) is 18.2 Å². The fourth-order valence-corrected chi connectivity index (χ4v) is 5.03. The fourth-order valence-electron chi connectivity index (χ4n) is 2.36. The summed E-state index contributed by atoms with van der Waals surface area (Å²) in [6.45, 7) is 3.47. The lowest BCUT2D eigenvalue weighted by molar-refractivity contribution is 0.0741. The van der Waals surface area contributed by atoms with E-state index < -0.39 is 46.8 Å². The lowest BCUT2D eigenvalue weighted by Gasteiger charge is -2.14. The molecule has 10 heteroatoms. The summed E-state index contributed by atoms with van der Waals surface area (Å²) in [4.78, 5) is 11.3. The number of carbonyl (C=O) groups is 1. The molecule has 2 aromatic rings. The van der Waals surface area contributed by atoms with Gasteiger partial charge in [0.1, 0.15) is 22.0 Å². The van der Waals surface area contributed by atoms with Gasteiger partial charge in [0.15, 0.2) is 15.6 Å². The number of ketones is 1. The molecule has 2 aromatic carbocycles. The van der Waals surface area contributed by atoms with Gasteiger partial charge in [-0.05, 0) is 44.2 Å². The maximum Gasteiger partial charge on any atom is 0.239 e. The zero-order valence-corrected chi connectivity index (χ0v) is 18.2. The predicted octanol–water partition coefficient (Wildman–Crippen LogP) is 1.47. The van der Waals surface area contributed by atoms with Crippen LogP contribution in [-0.4, -0.2) is 46.2 Å². The van der Waals surface area contributed by atoms with E-state index in [1.54, 1.807) is 13.8 Å². The van der Waals surface area contributed by atoms with Crippen molar-refractivity contribution in [1.29, 1.82) is 0 Å². The van der Waals surface area contributed by atoms with Gasteiger partial charge in [0.2, 0.25) is 10.0 Å². The Hall–Kier alpha value is -2.71. The van der Waals surface area contributed by atoms with Crippen LogP contribution < -0.4 is 5.14 Å². The zero-order valence-electron chi connectivity index (χ0n) is 16.5. The average Bonchev–Trinajstić information content (AvgIpc) is 2.66. The Morgan fingerprint density at radius 2 is 1.70 bits per heavy atom. The van der Waals surface area contributed by atoms with E-state index in [9.17, 15) is 26.7 Å². The van der Waals surface area contributed by atoms with Crippen LogP contribution in [0.1, 0.15) is 29.8 Å². The Labute approximate surface area is 175 Å². The number of methoxy groups -OCH3 is 1. The van der Waals surface area contributed by atoms with Gasteiger partial charge in [0, 0.05) is 12.7 Å². The largest absolute Gasteiger partial charge is 0.507 e. The number of rotatable bonds is 6. The highest BCUT2D eigenvalue weighted by molar-refractivity contribution is 7.94. The normalized spacial score (nSPS) is 12.1. The van der Waals surface area contributed by atoms with Gasteiger partial charge >= 0.3 is 0 Å². The van der Waals surface area contributed by atoms with Gasteiger partial charge in [0.05, 0.1) is 10.5 Å². The van der Waals surface area contributed by atoms with Crippen LogP contribution in [0.15, 0.2) is 52.3 Å². The number of sulfonamides is 1.